The third kappa shape index (κ3) is 2.43. The van der Waals surface area contributed by atoms with Crippen molar-refractivity contribution in [2.45, 2.75) is 33.3 Å². The molecule has 3 aromatic rings. The van der Waals surface area contributed by atoms with Crippen molar-refractivity contribution in [2.24, 2.45) is 0 Å². The molecule has 0 saturated carbocycles. The zero-order valence-electron chi connectivity index (χ0n) is 12.4. The Hall–Kier alpha value is -2.20. The van der Waals surface area contributed by atoms with Crippen LogP contribution in [0.5, 0.6) is 0 Å². The van der Waals surface area contributed by atoms with Crippen LogP contribution in [0.2, 0.25) is 0 Å². The lowest BCUT2D eigenvalue weighted by atomic mass is 10.0. The van der Waals surface area contributed by atoms with E-state index in [0.717, 1.165) is 39.9 Å². The number of benzene rings is 1. The normalized spacial score (nSPS) is 12.8. The Morgan fingerprint density at radius 2 is 2.00 bits per heavy atom. The van der Waals surface area contributed by atoms with Gasteiger partial charge in [-0.25, -0.2) is 0 Å². The number of para-hydroxylation sites is 1. The van der Waals surface area contributed by atoms with Crippen molar-refractivity contribution in [3.63, 3.8) is 0 Å². The molecule has 2 aromatic heterocycles. The second-order valence-electron chi connectivity index (χ2n) is 5.29. The fourth-order valence-electron chi connectivity index (χ4n) is 2.56. The number of furan rings is 1. The van der Waals surface area contributed by atoms with Crippen molar-refractivity contribution >= 4 is 11.0 Å². The Labute approximate surface area is 123 Å². The first-order valence-electron chi connectivity index (χ1n) is 7.10. The lowest BCUT2D eigenvalue weighted by Gasteiger charge is -2.12. The number of nitrogens with zero attached hydrogens (tertiary/aromatic N) is 2. The van der Waals surface area contributed by atoms with E-state index in [1.54, 1.807) is 0 Å². The topological polar surface area (TPSA) is 59.2 Å². The van der Waals surface area contributed by atoms with E-state index in [-0.39, 0.29) is 0 Å². The third-order valence-corrected chi connectivity index (χ3v) is 3.69. The highest BCUT2D eigenvalue weighted by atomic mass is 16.4. The fourth-order valence-corrected chi connectivity index (χ4v) is 2.56. The van der Waals surface area contributed by atoms with Gasteiger partial charge in [-0.05, 0) is 38.0 Å². The molecule has 0 aliphatic heterocycles. The number of aliphatic hydroxyl groups is 1. The van der Waals surface area contributed by atoms with Crippen LogP contribution in [-0.2, 0) is 6.42 Å². The van der Waals surface area contributed by atoms with Gasteiger partial charge in [0.15, 0.2) is 0 Å². The van der Waals surface area contributed by atoms with Crippen molar-refractivity contribution in [3.8, 4) is 0 Å². The summed E-state index contributed by atoms with van der Waals surface area (Å²) in [5.74, 6) is 0.543. The lowest BCUT2D eigenvalue weighted by molar-refractivity contribution is 0.190. The van der Waals surface area contributed by atoms with Crippen LogP contribution in [0, 0.1) is 13.8 Å². The van der Waals surface area contributed by atoms with Gasteiger partial charge >= 0.3 is 0 Å². The van der Waals surface area contributed by atoms with Gasteiger partial charge in [0, 0.05) is 10.9 Å². The number of aliphatic hydroxyl groups excluding tert-OH is 1. The van der Waals surface area contributed by atoms with Gasteiger partial charge in [-0.15, -0.1) is 0 Å². The van der Waals surface area contributed by atoms with Crippen molar-refractivity contribution in [2.75, 3.05) is 0 Å². The summed E-state index contributed by atoms with van der Waals surface area (Å²) < 4.78 is 5.86. The number of aromatic nitrogens is 2. The van der Waals surface area contributed by atoms with Gasteiger partial charge < -0.3 is 9.52 Å². The average molecular weight is 282 g/mol. The number of hydrogen-bond donors (Lipinski definition) is 1. The highest BCUT2D eigenvalue weighted by molar-refractivity contribution is 5.81. The second kappa shape index (κ2) is 5.30. The SMILES string of the molecule is CCc1nnc(C)cc1C(O)c1cc2cccc(C)c2o1. The van der Waals surface area contributed by atoms with E-state index in [1.165, 1.54) is 0 Å². The summed E-state index contributed by atoms with van der Waals surface area (Å²) >= 11 is 0. The molecule has 0 aliphatic rings. The van der Waals surface area contributed by atoms with Crippen molar-refractivity contribution in [1.29, 1.82) is 0 Å². The van der Waals surface area contributed by atoms with Gasteiger partial charge in [-0.1, -0.05) is 25.1 Å². The lowest BCUT2D eigenvalue weighted by Crippen LogP contribution is -2.07. The molecule has 3 rings (SSSR count). The van der Waals surface area contributed by atoms with Gasteiger partial charge in [-0.2, -0.15) is 10.2 Å². The first-order chi connectivity index (χ1) is 10.1. The van der Waals surface area contributed by atoms with E-state index in [0.29, 0.717) is 5.76 Å². The first kappa shape index (κ1) is 13.8. The van der Waals surface area contributed by atoms with Crippen molar-refractivity contribution in [3.05, 3.63) is 58.6 Å². The van der Waals surface area contributed by atoms with Gasteiger partial charge in [0.2, 0.25) is 0 Å². The number of aryl methyl sites for hydroxylation is 3. The summed E-state index contributed by atoms with van der Waals surface area (Å²) in [6, 6.07) is 9.73. The number of rotatable bonds is 3. The Bertz CT molecular complexity index is 793. The maximum Gasteiger partial charge on any atom is 0.139 e. The molecule has 0 aliphatic carbocycles. The van der Waals surface area contributed by atoms with Gasteiger partial charge in [0.05, 0.1) is 11.4 Å². The molecule has 108 valence electrons. The summed E-state index contributed by atoms with van der Waals surface area (Å²) in [4.78, 5) is 0. The largest absolute Gasteiger partial charge is 0.458 e. The zero-order valence-corrected chi connectivity index (χ0v) is 12.4. The maximum atomic E-state index is 10.7. The molecule has 1 unspecified atom stereocenters. The average Bonchev–Trinajstić information content (AvgIpc) is 2.92. The number of fused-ring (bicyclic) bond motifs is 1. The van der Waals surface area contributed by atoms with Gasteiger partial charge in [0.1, 0.15) is 17.4 Å². The molecule has 0 amide bonds. The van der Waals surface area contributed by atoms with E-state index >= 15 is 0 Å². The molecule has 0 radical (unpaired) electrons. The van der Waals surface area contributed by atoms with E-state index in [4.69, 9.17) is 4.42 Å². The molecule has 1 atom stereocenters. The van der Waals surface area contributed by atoms with Crippen LogP contribution in [0.1, 0.15) is 41.3 Å². The minimum Gasteiger partial charge on any atom is -0.458 e. The van der Waals surface area contributed by atoms with Crippen LogP contribution in [0.25, 0.3) is 11.0 Å². The fraction of sp³-hybridized carbons (Fsp3) is 0.294. The van der Waals surface area contributed by atoms with Gasteiger partial charge in [0.25, 0.3) is 0 Å². The standard InChI is InChI=1S/C17H18N2O2/c1-4-14-13(8-11(3)18-19-14)16(20)15-9-12-7-5-6-10(2)17(12)21-15/h5-9,16,20H,4H2,1-3H3. The van der Waals surface area contributed by atoms with Crippen LogP contribution in [0.15, 0.2) is 34.7 Å². The summed E-state index contributed by atoms with van der Waals surface area (Å²) in [6.45, 7) is 5.86. The maximum absolute atomic E-state index is 10.7. The van der Waals surface area contributed by atoms with Crippen LogP contribution < -0.4 is 0 Å². The molecule has 0 saturated heterocycles. The molecule has 4 nitrogen and oxygen atoms in total. The van der Waals surface area contributed by atoms with E-state index in [9.17, 15) is 5.11 Å². The van der Waals surface area contributed by atoms with Crippen LogP contribution in [0.4, 0.5) is 0 Å². The highest BCUT2D eigenvalue weighted by Crippen LogP contribution is 2.31. The van der Waals surface area contributed by atoms with E-state index < -0.39 is 6.10 Å². The predicted octanol–water partition coefficient (Wildman–Crippen LogP) is 3.48. The second-order valence-corrected chi connectivity index (χ2v) is 5.29. The number of hydrogen-bond acceptors (Lipinski definition) is 4. The Morgan fingerprint density at radius 1 is 1.19 bits per heavy atom. The van der Waals surface area contributed by atoms with E-state index in [1.807, 2.05) is 51.1 Å². The molecule has 1 aromatic carbocycles. The monoisotopic (exact) mass is 282 g/mol. The highest BCUT2D eigenvalue weighted by Gasteiger charge is 2.20. The zero-order chi connectivity index (χ0) is 15.0. The predicted molar refractivity (Wildman–Crippen MR) is 81.2 cm³/mol. The molecule has 1 N–H and O–H groups in total. The minimum absolute atomic E-state index is 0.543. The molecule has 0 fully saturated rings. The van der Waals surface area contributed by atoms with E-state index in [2.05, 4.69) is 10.2 Å². The Kier molecular flexibility index (Phi) is 3.47. The van der Waals surface area contributed by atoms with Crippen LogP contribution >= 0.6 is 0 Å². The minimum atomic E-state index is -0.819. The molecule has 0 bridgehead atoms. The van der Waals surface area contributed by atoms with Crippen LogP contribution in [0.3, 0.4) is 0 Å². The molecular weight excluding hydrogens is 264 g/mol. The summed E-state index contributed by atoms with van der Waals surface area (Å²) in [5.41, 5.74) is 4.23. The molecule has 21 heavy (non-hydrogen) atoms. The van der Waals surface area contributed by atoms with Crippen molar-refractivity contribution < 1.29 is 9.52 Å². The van der Waals surface area contributed by atoms with Gasteiger partial charge in [-0.3, -0.25) is 0 Å². The van der Waals surface area contributed by atoms with Crippen molar-refractivity contribution in [1.82, 2.24) is 10.2 Å². The Balaban J connectivity index is 2.10. The smallest absolute Gasteiger partial charge is 0.139 e. The molecule has 0 spiro atoms. The molecular formula is C17H18N2O2. The summed E-state index contributed by atoms with van der Waals surface area (Å²) in [7, 11) is 0. The quantitative estimate of drug-likeness (QED) is 0.799. The third-order valence-electron chi connectivity index (χ3n) is 3.69. The Morgan fingerprint density at radius 3 is 2.71 bits per heavy atom. The first-order valence-corrected chi connectivity index (χ1v) is 7.10. The molecule has 4 heteroatoms. The summed E-state index contributed by atoms with van der Waals surface area (Å²) in [5, 5.41) is 19.9. The van der Waals surface area contributed by atoms with Crippen LogP contribution in [-0.4, -0.2) is 15.3 Å². The summed E-state index contributed by atoms with van der Waals surface area (Å²) in [6.07, 6.45) is -0.0974. The molecule has 2 heterocycles.